The van der Waals surface area contributed by atoms with E-state index in [-0.39, 0.29) is 17.7 Å². The minimum atomic E-state index is -1.11. The number of carbonyl (C=O) groups is 2. The molecule has 2 saturated heterocycles. The van der Waals surface area contributed by atoms with E-state index in [2.05, 4.69) is 10.1 Å². The molecule has 3 aliphatic carbocycles. The highest BCUT2D eigenvalue weighted by atomic mass is 17.7. The number of carbonyl (C=O) groups excluding carboxylic acids is 2. The Morgan fingerprint density at radius 1 is 0.710 bits per heavy atom. The Bertz CT molecular complexity index is 655. The highest BCUT2D eigenvalue weighted by Gasteiger charge is 2.50. The van der Waals surface area contributed by atoms with E-state index in [9.17, 15) is 14.7 Å². The molecule has 1 N–H and O–H groups in total. The number of aliphatic hydroxyl groups is 1. The van der Waals surface area contributed by atoms with Crippen LogP contribution in [-0.2, 0) is 29.4 Å². The van der Waals surface area contributed by atoms with Gasteiger partial charge in [0.2, 0.25) is 12.2 Å². The molecule has 9 nitrogen and oxygen atoms in total. The van der Waals surface area contributed by atoms with Crippen LogP contribution in [0.4, 0.5) is 0 Å². The van der Waals surface area contributed by atoms with Crippen molar-refractivity contribution in [3.63, 3.8) is 0 Å². The van der Waals surface area contributed by atoms with E-state index >= 15 is 0 Å². The first-order valence-corrected chi connectivity index (χ1v) is 12.0. The molecule has 2 heterocycles. The quantitative estimate of drug-likeness (QED) is 0.670. The first-order chi connectivity index (χ1) is 15.0. The summed E-state index contributed by atoms with van der Waals surface area (Å²) in [5, 5.41) is 18.8. The van der Waals surface area contributed by atoms with Crippen LogP contribution in [0.2, 0.25) is 0 Å². The molecule has 3 saturated carbocycles. The van der Waals surface area contributed by atoms with Crippen LogP contribution in [0.5, 0.6) is 0 Å². The fraction of sp³-hybridized carbons (Fsp3) is 0.909. The minimum absolute atomic E-state index is 0.122. The summed E-state index contributed by atoms with van der Waals surface area (Å²) in [6, 6.07) is 0. The van der Waals surface area contributed by atoms with Crippen molar-refractivity contribution >= 4 is 11.8 Å². The van der Waals surface area contributed by atoms with Crippen LogP contribution in [0.15, 0.2) is 0 Å². The second kappa shape index (κ2) is 8.94. The Balaban J connectivity index is 1.03. The molecule has 5 fully saturated rings. The van der Waals surface area contributed by atoms with Gasteiger partial charge in [0.25, 0.3) is 5.91 Å². The summed E-state index contributed by atoms with van der Waals surface area (Å²) in [7, 11) is 0. The van der Waals surface area contributed by atoms with Crippen LogP contribution in [0.3, 0.4) is 0 Å². The molecule has 0 aromatic heterocycles. The van der Waals surface area contributed by atoms with Crippen LogP contribution in [0.25, 0.3) is 0 Å². The van der Waals surface area contributed by atoms with Gasteiger partial charge < -0.3 is 14.9 Å². The third-order valence-corrected chi connectivity index (χ3v) is 8.29. The third-order valence-electron chi connectivity index (χ3n) is 8.29. The number of piperazine rings is 1. The number of nitrogens with zero attached hydrogens (tertiary/aromatic N) is 2. The van der Waals surface area contributed by atoms with E-state index in [4.69, 9.17) is 9.78 Å². The Hall–Kier alpha value is -1.26. The maximum absolute atomic E-state index is 13.0. The van der Waals surface area contributed by atoms with Gasteiger partial charge in [-0.2, -0.15) is 9.78 Å². The highest BCUT2D eigenvalue weighted by Crippen LogP contribution is 2.43. The van der Waals surface area contributed by atoms with Gasteiger partial charge in [-0.3, -0.25) is 9.59 Å². The second-order valence-electron chi connectivity index (χ2n) is 10.1. The molecule has 9 heteroatoms. The molecule has 31 heavy (non-hydrogen) atoms. The van der Waals surface area contributed by atoms with Gasteiger partial charge in [-0.25, -0.2) is 0 Å². The lowest BCUT2D eigenvalue weighted by molar-refractivity contribution is -0.532. The van der Waals surface area contributed by atoms with Gasteiger partial charge in [0.05, 0.1) is 0 Å². The van der Waals surface area contributed by atoms with Gasteiger partial charge in [-0.05, 0) is 86.1 Å². The van der Waals surface area contributed by atoms with E-state index in [1.54, 1.807) is 4.90 Å². The Labute approximate surface area is 182 Å². The summed E-state index contributed by atoms with van der Waals surface area (Å²) in [6.07, 6.45) is 9.37. The first-order valence-electron chi connectivity index (χ1n) is 12.0. The minimum Gasteiger partial charge on any atom is -0.380 e. The van der Waals surface area contributed by atoms with E-state index in [1.807, 2.05) is 4.90 Å². The summed E-state index contributed by atoms with van der Waals surface area (Å²) < 4.78 is 0. The van der Waals surface area contributed by atoms with Crippen molar-refractivity contribution in [3.8, 4) is 0 Å². The molecular weight excluding hydrogens is 404 g/mol. The van der Waals surface area contributed by atoms with Crippen LogP contribution in [0.1, 0.15) is 64.2 Å². The average molecular weight is 439 g/mol. The zero-order chi connectivity index (χ0) is 21.4. The van der Waals surface area contributed by atoms with Crippen molar-refractivity contribution in [1.82, 2.24) is 9.80 Å². The Kier molecular flexibility index (Phi) is 6.22. The first kappa shape index (κ1) is 21.6. The normalized spacial score (nSPS) is 36.4. The summed E-state index contributed by atoms with van der Waals surface area (Å²) in [5.41, 5.74) is -1.11. The van der Waals surface area contributed by atoms with Gasteiger partial charge in [-0.1, -0.05) is 0 Å². The van der Waals surface area contributed by atoms with Crippen LogP contribution in [0, 0.1) is 23.7 Å². The molecule has 2 aliphatic heterocycles. The van der Waals surface area contributed by atoms with Crippen molar-refractivity contribution in [3.05, 3.63) is 0 Å². The second-order valence-corrected chi connectivity index (χ2v) is 10.1. The molecule has 5 aliphatic rings. The molecular formula is C22H34N2O7. The molecule has 174 valence electrons. The van der Waals surface area contributed by atoms with E-state index in [0.717, 1.165) is 44.4 Å². The van der Waals surface area contributed by atoms with Gasteiger partial charge in [0.15, 0.2) is 0 Å². The monoisotopic (exact) mass is 438 g/mol. The van der Waals surface area contributed by atoms with Crippen molar-refractivity contribution in [2.45, 2.75) is 76.1 Å². The zero-order valence-corrected chi connectivity index (χ0v) is 18.1. The fourth-order valence-corrected chi connectivity index (χ4v) is 6.02. The fourth-order valence-electron chi connectivity index (χ4n) is 6.02. The largest absolute Gasteiger partial charge is 0.380 e. The van der Waals surface area contributed by atoms with Gasteiger partial charge in [0, 0.05) is 38.0 Å². The molecule has 0 unspecified atom stereocenters. The molecule has 0 atom stereocenters. The van der Waals surface area contributed by atoms with Crippen molar-refractivity contribution < 1.29 is 34.5 Å². The van der Waals surface area contributed by atoms with Crippen LogP contribution in [-0.4, -0.2) is 64.8 Å². The number of amides is 2. The van der Waals surface area contributed by atoms with E-state index < -0.39 is 11.9 Å². The number of hydrogen-bond acceptors (Lipinski definition) is 7. The lowest BCUT2D eigenvalue weighted by Crippen LogP contribution is -2.54. The standard InChI is InChI=1S/C22H34N2O7/c25-19(23-11-13-24(14-12-23)21(26)22(27)9-10-22)17-5-1-15(2-6-17)16-3-7-18(8-4-16)20-28-30-31-29-20/h15-18,20,27H,1-14H2. The van der Waals surface area contributed by atoms with Crippen LogP contribution < -0.4 is 0 Å². The summed E-state index contributed by atoms with van der Waals surface area (Å²) in [4.78, 5) is 39.0. The topological polar surface area (TPSA) is 97.8 Å². The summed E-state index contributed by atoms with van der Waals surface area (Å²) >= 11 is 0. The molecule has 0 aromatic rings. The lowest BCUT2D eigenvalue weighted by atomic mass is 9.69. The van der Waals surface area contributed by atoms with E-state index in [0.29, 0.717) is 50.9 Å². The van der Waals surface area contributed by atoms with Gasteiger partial charge in [0.1, 0.15) is 5.60 Å². The summed E-state index contributed by atoms with van der Waals surface area (Å²) in [5.74, 6) is 1.98. The molecule has 0 radical (unpaired) electrons. The van der Waals surface area contributed by atoms with Gasteiger partial charge >= 0.3 is 0 Å². The molecule has 5 rings (SSSR count). The zero-order valence-electron chi connectivity index (χ0n) is 18.1. The third kappa shape index (κ3) is 4.61. The van der Waals surface area contributed by atoms with Gasteiger partial charge in [-0.15, -0.1) is 0 Å². The van der Waals surface area contributed by atoms with Crippen molar-refractivity contribution in [2.24, 2.45) is 23.7 Å². The smallest absolute Gasteiger partial charge is 0.254 e. The summed E-state index contributed by atoms with van der Waals surface area (Å²) in [6.45, 7) is 2.25. The maximum Gasteiger partial charge on any atom is 0.254 e. The molecule has 0 aromatic carbocycles. The Morgan fingerprint density at radius 3 is 1.74 bits per heavy atom. The van der Waals surface area contributed by atoms with Crippen LogP contribution >= 0.6 is 0 Å². The van der Waals surface area contributed by atoms with Crippen molar-refractivity contribution in [2.75, 3.05) is 26.2 Å². The molecule has 2 amide bonds. The average Bonchev–Trinajstić information content (AvgIpc) is 3.34. The highest BCUT2D eigenvalue weighted by molar-refractivity contribution is 5.88. The maximum atomic E-state index is 13.0. The molecule has 0 bridgehead atoms. The Morgan fingerprint density at radius 2 is 1.19 bits per heavy atom. The van der Waals surface area contributed by atoms with E-state index in [1.165, 1.54) is 12.8 Å². The SMILES string of the molecule is O=C(C1CCC(C2CCC(C3OOOO3)CC2)CC1)N1CCN(C(=O)C2(O)CC2)CC1. The number of rotatable bonds is 4. The lowest BCUT2D eigenvalue weighted by Gasteiger charge is -2.40. The predicted octanol–water partition coefficient (Wildman–Crippen LogP) is 1.95. The van der Waals surface area contributed by atoms with Crippen molar-refractivity contribution in [1.29, 1.82) is 0 Å². The number of hydrogen-bond donors (Lipinski definition) is 1. The molecule has 0 spiro atoms. The predicted molar refractivity (Wildman–Crippen MR) is 106 cm³/mol.